The Balaban J connectivity index is 1.69. The molecule has 1 N–H and O–H groups in total. The lowest BCUT2D eigenvalue weighted by molar-refractivity contribution is -0.120. The number of fused-ring (bicyclic) bond motifs is 1. The number of hydrogen-bond acceptors (Lipinski definition) is 2. The molecule has 3 aromatic rings. The molecule has 4 heteroatoms. The van der Waals surface area contributed by atoms with Crippen molar-refractivity contribution >= 4 is 22.9 Å². The van der Waals surface area contributed by atoms with E-state index in [1.54, 1.807) is 6.21 Å². The number of rotatable bonds is 4. The van der Waals surface area contributed by atoms with Gasteiger partial charge in [0.15, 0.2) is 0 Å². The Hall–Kier alpha value is -2.88. The predicted octanol–water partition coefficient (Wildman–Crippen LogP) is 2.87. The minimum atomic E-state index is -0.123. The zero-order chi connectivity index (χ0) is 15.4. The first-order valence-electron chi connectivity index (χ1n) is 7.14. The minimum Gasteiger partial charge on any atom is -0.350 e. The van der Waals surface area contributed by atoms with Crippen molar-refractivity contribution in [3.63, 3.8) is 0 Å². The Bertz CT molecular complexity index is 828. The third-order valence-corrected chi connectivity index (χ3v) is 3.60. The highest BCUT2D eigenvalue weighted by molar-refractivity contribution is 5.90. The van der Waals surface area contributed by atoms with Gasteiger partial charge < -0.3 is 4.57 Å². The van der Waals surface area contributed by atoms with Crippen molar-refractivity contribution in [3.8, 4) is 0 Å². The molecular weight excluding hydrogens is 274 g/mol. The first-order valence-corrected chi connectivity index (χ1v) is 7.14. The molecule has 22 heavy (non-hydrogen) atoms. The van der Waals surface area contributed by atoms with E-state index in [9.17, 15) is 4.79 Å². The second kappa shape index (κ2) is 6.26. The molecular formula is C18H17N3O. The zero-order valence-electron chi connectivity index (χ0n) is 12.4. The van der Waals surface area contributed by atoms with Gasteiger partial charge in [0.2, 0.25) is 5.91 Å². The van der Waals surface area contributed by atoms with Crippen LogP contribution in [0.4, 0.5) is 0 Å². The molecule has 0 aliphatic heterocycles. The van der Waals surface area contributed by atoms with Gasteiger partial charge in [-0.3, -0.25) is 4.79 Å². The van der Waals surface area contributed by atoms with Gasteiger partial charge in [-0.15, -0.1) is 0 Å². The van der Waals surface area contributed by atoms with Gasteiger partial charge in [-0.25, -0.2) is 5.43 Å². The smallest absolute Gasteiger partial charge is 0.244 e. The number of nitrogens with zero attached hydrogens (tertiary/aromatic N) is 2. The largest absolute Gasteiger partial charge is 0.350 e. The van der Waals surface area contributed by atoms with E-state index in [2.05, 4.69) is 10.5 Å². The van der Waals surface area contributed by atoms with Gasteiger partial charge in [0.05, 0.1) is 18.3 Å². The zero-order valence-corrected chi connectivity index (χ0v) is 12.4. The Labute approximate surface area is 129 Å². The van der Waals surface area contributed by atoms with Gasteiger partial charge in [-0.05, 0) is 28.5 Å². The van der Waals surface area contributed by atoms with Crippen LogP contribution in [-0.2, 0) is 18.3 Å². The summed E-state index contributed by atoms with van der Waals surface area (Å²) in [6, 6.07) is 17.9. The standard InChI is InChI=1S/C18H17N3O/c1-21-11-5-9-16(21)13-19-20-18(22)12-15-8-4-7-14-6-2-3-10-17(14)15/h2-11,13H,12H2,1H3,(H,20,22). The summed E-state index contributed by atoms with van der Waals surface area (Å²) >= 11 is 0. The fourth-order valence-electron chi connectivity index (χ4n) is 2.44. The number of benzene rings is 2. The molecule has 0 saturated carbocycles. The number of aromatic nitrogens is 1. The number of aryl methyl sites for hydroxylation is 1. The summed E-state index contributed by atoms with van der Waals surface area (Å²) in [7, 11) is 1.93. The fraction of sp³-hybridized carbons (Fsp3) is 0.111. The molecule has 110 valence electrons. The topological polar surface area (TPSA) is 46.4 Å². The molecule has 0 aliphatic rings. The van der Waals surface area contributed by atoms with Crippen molar-refractivity contribution in [3.05, 3.63) is 72.1 Å². The maximum absolute atomic E-state index is 12.0. The molecule has 2 aromatic carbocycles. The molecule has 0 spiro atoms. The number of hydrogen-bond donors (Lipinski definition) is 1. The predicted molar refractivity (Wildman–Crippen MR) is 88.8 cm³/mol. The van der Waals surface area contributed by atoms with Crippen LogP contribution in [0.5, 0.6) is 0 Å². The highest BCUT2D eigenvalue weighted by Gasteiger charge is 2.05. The quantitative estimate of drug-likeness (QED) is 0.583. The van der Waals surface area contributed by atoms with Gasteiger partial charge in [-0.1, -0.05) is 42.5 Å². The van der Waals surface area contributed by atoms with Crippen molar-refractivity contribution in [1.82, 2.24) is 9.99 Å². The average Bonchev–Trinajstić information content (AvgIpc) is 2.93. The maximum Gasteiger partial charge on any atom is 0.244 e. The monoisotopic (exact) mass is 291 g/mol. The molecule has 0 saturated heterocycles. The molecule has 1 amide bonds. The summed E-state index contributed by atoms with van der Waals surface area (Å²) in [5.41, 5.74) is 4.52. The van der Waals surface area contributed by atoms with E-state index in [1.807, 2.05) is 72.4 Å². The summed E-state index contributed by atoms with van der Waals surface area (Å²) in [6.07, 6.45) is 3.88. The van der Waals surface area contributed by atoms with Crippen LogP contribution in [-0.4, -0.2) is 16.7 Å². The normalized spacial score (nSPS) is 11.1. The molecule has 0 atom stereocenters. The van der Waals surface area contributed by atoms with Gasteiger partial charge in [0.1, 0.15) is 0 Å². The summed E-state index contributed by atoms with van der Waals surface area (Å²) in [5, 5.41) is 6.25. The van der Waals surface area contributed by atoms with Gasteiger partial charge in [0, 0.05) is 13.2 Å². The molecule has 0 fully saturated rings. The molecule has 3 rings (SSSR count). The van der Waals surface area contributed by atoms with E-state index < -0.39 is 0 Å². The maximum atomic E-state index is 12.0. The third kappa shape index (κ3) is 3.06. The van der Waals surface area contributed by atoms with Crippen LogP contribution in [0.2, 0.25) is 0 Å². The first-order chi connectivity index (χ1) is 10.7. The summed E-state index contributed by atoms with van der Waals surface area (Å²) in [6.45, 7) is 0. The fourth-order valence-corrected chi connectivity index (χ4v) is 2.44. The van der Waals surface area contributed by atoms with Crippen LogP contribution in [0.3, 0.4) is 0 Å². The number of carbonyl (C=O) groups excluding carboxylic acids is 1. The van der Waals surface area contributed by atoms with Gasteiger partial charge in [-0.2, -0.15) is 5.10 Å². The minimum absolute atomic E-state index is 0.123. The molecule has 0 bridgehead atoms. The van der Waals surface area contributed by atoms with Crippen molar-refractivity contribution in [1.29, 1.82) is 0 Å². The summed E-state index contributed by atoms with van der Waals surface area (Å²) < 4.78 is 1.93. The van der Waals surface area contributed by atoms with E-state index in [1.165, 1.54) is 0 Å². The number of hydrazone groups is 1. The SMILES string of the molecule is Cn1cccc1C=NNC(=O)Cc1cccc2ccccc12. The van der Waals surface area contributed by atoms with Crippen LogP contribution in [0, 0.1) is 0 Å². The highest BCUT2D eigenvalue weighted by atomic mass is 16.2. The Morgan fingerprint density at radius 1 is 1.14 bits per heavy atom. The van der Waals surface area contributed by atoms with Crippen molar-refractivity contribution < 1.29 is 4.79 Å². The summed E-state index contributed by atoms with van der Waals surface area (Å²) in [4.78, 5) is 12.0. The third-order valence-electron chi connectivity index (χ3n) is 3.60. The Morgan fingerprint density at radius 2 is 1.95 bits per heavy atom. The molecule has 1 heterocycles. The summed E-state index contributed by atoms with van der Waals surface area (Å²) in [5.74, 6) is -0.123. The molecule has 4 nitrogen and oxygen atoms in total. The Morgan fingerprint density at radius 3 is 2.77 bits per heavy atom. The van der Waals surface area contributed by atoms with Crippen molar-refractivity contribution in [2.24, 2.45) is 12.1 Å². The highest BCUT2D eigenvalue weighted by Crippen LogP contribution is 2.18. The average molecular weight is 291 g/mol. The van der Waals surface area contributed by atoms with Crippen molar-refractivity contribution in [2.45, 2.75) is 6.42 Å². The molecule has 0 unspecified atom stereocenters. The van der Waals surface area contributed by atoms with E-state index in [4.69, 9.17) is 0 Å². The molecule has 1 aromatic heterocycles. The van der Waals surface area contributed by atoms with Crippen LogP contribution >= 0.6 is 0 Å². The lowest BCUT2D eigenvalue weighted by atomic mass is 10.0. The van der Waals surface area contributed by atoms with Crippen LogP contribution < -0.4 is 5.43 Å². The lowest BCUT2D eigenvalue weighted by Gasteiger charge is -2.05. The van der Waals surface area contributed by atoms with E-state index >= 15 is 0 Å². The van der Waals surface area contributed by atoms with Crippen LogP contribution in [0.25, 0.3) is 10.8 Å². The van der Waals surface area contributed by atoms with E-state index in [0.29, 0.717) is 6.42 Å². The van der Waals surface area contributed by atoms with E-state index in [0.717, 1.165) is 22.0 Å². The second-order valence-electron chi connectivity index (χ2n) is 5.15. The van der Waals surface area contributed by atoms with Crippen LogP contribution in [0.1, 0.15) is 11.3 Å². The number of amides is 1. The lowest BCUT2D eigenvalue weighted by Crippen LogP contribution is -2.20. The van der Waals surface area contributed by atoms with Crippen LogP contribution in [0.15, 0.2) is 65.9 Å². The van der Waals surface area contributed by atoms with Crippen molar-refractivity contribution in [2.75, 3.05) is 0 Å². The van der Waals surface area contributed by atoms with E-state index in [-0.39, 0.29) is 5.91 Å². The first kappa shape index (κ1) is 14.1. The number of carbonyl (C=O) groups is 1. The molecule has 0 radical (unpaired) electrons. The molecule has 0 aliphatic carbocycles. The second-order valence-corrected chi connectivity index (χ2v) is 5.15. The van der Waals surface area contributed by atoms with Gasteiger partial charge in [0.25, 0.3) is 0 Å². The number of nitrogens with one attached hydrogen (secondary N) is 1. The van der Waals surface area contributed by atoms with Gasteiger partial charge >= 0.3 is 0 Å². The Kier molecular flexibility index (Phi) is 4.01.